The van der Waals surface area contributed by atoms with Gasteiger partial charge in [0.15, 0.2) is 0 Å². The largest absolute Gasteiger partial charge is 0.496 e. The molecule has 0 aliphatic rings. The smallest absolute Gasteiger partial charge is 0.317 e. The van der Waals surface area contributed by atoms with Crippen LogP contribution in [0.25, 0.3) is 0 Å². The summed E-state index contributed by atoms with van der Waals surface area (Å²) in [5.74, 6) is -0.667. The van der Waals surface area contributed by atoms with E-state index >= 15 is 0 Å². The van der Waals surface area contributed by atoms with E-state index in [1.54, 1.807) is 21.1 Å². The molecule has 0 radical (unpaired) electrons. The topological polar surface area (TPSA) is 78.9 Å². The Morgan fingerprint density at radius 1 is 1.41 bits per heavy atom. The summed E-state index contributed by atoms with van der Waals surface area (Å²) in [6, 6.07) is 5.67. The first kappa shape index (κ1) is 17.8. The van der Waals surface area contributed by atoms with Crippen LogP contribution in [-0.4, -0.2) is 49.3 Å². The van der Waals surface area contributed by atoms with E-state index in [2.05, 4.69) is 5.32 Å². The van der Waals surface area contributed by atoms with E-state index < -0.39 is 11.9 Å². The molecule has 0 spiro atoms. The first-order valence-corrected chi connectivity index (χ1v) is 7.20. The molecule has 1 aromatic rings. The van der Waals surface area contributed by atoms with Crippen LogP contribution >= 0.6 is 0 Å². The van der Waals surface area contributed by atoms with Gasteiger partial charge in [0.1, 0.15) is 5.75 Å². The monoisotopic (exact) mass is 308 g/mol. The van der Waals surface area contributed by atoms with Gasteiger partial charge in [-0.25, -0.2) is 4.79 Å². The van der Waals surface area contributed by atoms with Gasteiger partial charge < -0.3 is 20.1 Å². The highest BCUT2D eigenvalue weighted by atomic mass is 16.5. The number of benzene rings is 1. The molecule has 0 fully saturated rings. The van der Waals surface area contributed by atoms with Gasteiger partial charge in [0, 0.05) is 20.1 Å². The fourth-order valence-electron chi connectivity index (χ4n) is 2.04. The predicted molar refractivity (Wildman–Crippen MR) is 84.3 cm³/mol. The summed E-state index contributed by atoms with van der Waals surface area (Å²) < 4.78 is 5.27. The van der Waals surface area contributed by atoms with Crippen molar-refractivity contribution in [3.8, 4) is 5.75 Å². The molecule has 6 heteroatoms. The van der Waals surface area contributed by atoms with Gasteiger partial charge in [0.05, 0.1) is 13.0 Å². The average Bonchev–Trinajstić information content (AvgIpc) is 2.48. The van der Waals surface area contributed by atoms with Gasteiger partial charge in [0.2, 0.25) is 0 Å². The van der Waals surface area contributed by atoms with Crippen LogP contribution in [-0.2, 0) is 11.2 Å². The van der Waals surface area contributed by atoms with Gasteiger partial charge in [-0.1, -0.05) is 19.1 Å². The van der Waals surface area contributed by atoms with E-state index in [-0.39, 0.29) is 12.6 Å². The molecule has 2 N–H and O–H groups in total. The lowest BCUT2D eigenvalue weighted by Crippen LogP contribution is -2.41. The number of rotatable bonds is 7. The molecule has 0 aromatic heterocycles. The Balaban J connectivity index is 2.43. The van der Waals surface area contributed by atoms with E-state index in [4.69, 9.17) is 9.84 Å². The molecule has 122 valence electrons. The number of hydrogen-bond donors (Lipinski definition) is 2. The molecule has 6 nitrogen and oxygen atoms in total. The number of carboxylic acids is 1. The fraction of sp³-hybridized carbons (Fsp3) is 0.500. The molecule has 1 atom stereocenters. The number of carbonyl (C=O) groups is 2. The third kappa shape index (κ3) is 5.27. The van der Waals surface area contributed by atoms with Crippen LogP contribution in [0.3, 0.4) is 0 Å². The van der Waals surface area contributed by atoms with Gasteiger partial charge in [-0.3, -0.25) is 4.79 Å². The zero-order valence-electron chi connectivity index (χ0n) is 13.5. The van der Waals surface area contributed by atoms with Gasteiger partial charge in [-0.2, -0.15) is 0 Å². The highest BCUT2D eigenvalue weighted by Gasteiger charge is 2.16. The maximum atomic E-state index is 11.9. The van der Waals surface area contributed by atoms with Gasteiger partial charge in [-0.05, 0) is 30.5 Å². The summed E-state index contributed by atoms with van der Waals surface area (Å²) in [6.07, 6.45) is 0.685. The van der Waals surface area contributed by atoms with E-state index in [0.717, 1.165) is 16.9 Å². The number of ether oxygens (including phenoxy) is 1. The van der Waals surface area contributed by atoms with Crippen molar-refractivity contribution in [1.29, 1.82) is 0 Å². The Hall–Kier alpha value is -2.24. The van der Waals surface area contributed by atoms with E-state index in [0.29, 0.717) is 13.0 Å². The van der Waals surface area contributed by atoms with Crippen molar-refractivity contribution in [2.24, 2.45) is 5.92 Å². The van der Waals surface area contributed by atoms with Gasteiger partial charge in [0.25, 0.3) is 0 Å². The summed E-state index contributed by atoms with van der Waals surface area (Å²) in [4.78, 5) is 24.0. The third-order valence-electron chi connectivity index (χ3n) is 3.48. The molecule has 0 aliphatic carbocycles. The lowest BCUT2D eigenvalue weighted by molar-refractivity contribution is -0.141. The van der Waals surface area contributed by atoms with Crippen molar-refractivity contribution < 1.29 is 19.4 Å². The molecule has 0 bridgehead atoms. The molecule has 2 amide bonds. The van der Waals surface area contributed by atoms with Gasteiger partial charge in [-0.15, -0.1) is 0 Å². The maximum absolute atomic E-state index is 11.9. The van der Waals surface area contributed by atoms with Gasteiger partial charge >= 0.3 is 12.0 Å². The number of carbonyl (C=O) groups excluding carboxylic acids is 1. The number of hydrogen-bond acceptors (Lipinski definition) is 3. The second kappa shape index (κ2) is 8.26. The quantitative estimate of drug-likeness (QED) is 0.806. The lowest BCUT2D eigenvalue weighted by atomic mass is 10.1. The van der Waals surface area contributed by atoms with Crippen LogP contribution in [0.1, 0.15) is 18.1 Å². The predicted octanol–water partition coefficient (Wildman–Crippen LogP) is 1.91. The zero-order chi connectivity index (χ0) is 16.7. The highest BCUT2D eigenvalue weighted by molar-refractivity contribution is 5.75. The Bertz CT molecular complexity index is 531. The maximum Gasteiger partial charge on any atom is 0.317 e. The first-order chi connectivity index (χ1) is 10.3. The lowest BCUT2D eigenvalue weighted by Gasteiger charge is -2.20. The van der Waals surface area contributed by atoms with Crippen LogP contribution in [0.4, 0.5) is 4.79 Å². The number of nitrogens with zero attached hydrogens (tertiary/aromatic N) is 1. The highest BCUT2D eigenvalue weighted by Crippen LogP contribution is 2.18. The number of urea groups is 1. The molecule has 0 heterocycles. The molecule has 0 saturated heterocycles. The number of methoxy groups -OCH3 is 1. The summed E-state index contributed by atoms with van der Waals surface area (Å²) in [6.45, 7) is 4.21. The molecule has 1 rings (SSSR count). The number of amides is 2. The number of carboxylic acid groups (broad SMARTS) is 1. The number of nitrogens with one attached hydrogen (secondary N) is 1. The van der Waals surface area contributed by atoms with E-state index in [9.17, 15) is 9.59 Å². The summed E-state index contributed by atoms with van der Waals surface area (Å²) >= 11 is 0. The third-order valence-corrected chi connectivity index (χ3v) is 3.48. The SMILES string of the molecule is COc1cc(CCNC(=O)N(C)CC(C)C(=O)O)ccc1C. The van der Waals surface area contributed by atoms with Crippen molar-refractivity contribution in [1.82, 2.24) is 10.2 Å². The van der Waals surface area contributed by atoms with E-state index in [1.165, 1.54) is 4.90 Å². The molecule has 22 heavy (non-hydrogen) atoms. The normalized spacial score (nSPS) is 11.6. The minimum Gasteiger partial charge on any atom is -0.496 e. The minimum atomic E-state index is -0.911. The molecular weight excluding hydrogens is 284 g/mol. The second-order valence-corrected chi connectivity index (χ2v) is 5.41. The molecule has 1 unspecified atom stereocenters. The van der Waals surface area contributed by atoms with Crippen LogP contribution < -0.4 is 10.1 Å². The first-order valence-electron chi connectivity index (χ1n) is 7.20. The van der Waals surface area contributed by atoms with E-state index in [1.807, 2.05) is 25.1 Å². The van der Waals surface area contributed by atoms with Crippen LogP contribution in [0.5, 0.6) is 5.75 Å². The minimum absolute atomic E-state index is 0.180. The van der Waals surface area contributed by atoms with Crippen molar-refractivity contribution in [3.05, 3.63) is 29.3 Å². The standard InChI is InChI=1S/C16H24N2O4/c1-11-5-6-13(9-14(11)22-4)7-8-17-16(21)18(3)10-12(2)15(19)20/h5-6,9,12H,7-8,10H2,1-4H3,(H,17,21)(H,19,20). The van der Waals surface area contributed by atoms with Crippen LogP contribution in [0.2, 0.25) is 0 Å². The Morgan fingerprint density at radius 3 is 2.68 bits per heavy atom. The summed E-state index contributed by atoms with van der Waals surface area (Å²) in [5, 5.41) is 11.6. The van der Waals surface area contributed by atoms with Crippen molar-refractivity contribution in [3.63, 3.8) is 0 Å². The summed E-state index contributed by atoms with van der Waals surface area (Å²) in [5.41, 5.74) is 2.14. The fourth-order valence-corrected chi connectivity index (χ4v) is 2.04. The Kier molecular flexibility index (Phi) is 6.69. The molecule has 1 aromatic carbocycles. The summed E-state index contributed by atoms with van der Waals surface area (Å²) in [7, 11) is 3.22. The van der Waals surface area contributed by atoms with Crippen LogP contribution in [0, 0.1) is 12.8 Å². The van der Waals surface area contributed by atoms with Crippen molar-refractivity contribution in [2.45, 2.75) is 20.3 Å². The molecule has 0 aliphatic heterocycles. The molecular formula is C16H24N2O4. The Morgan fingerprint density at radius 2 is 2.09 bits per heavy atom. The van der Waals surface area contributed by atoms with Crippen molar-refractivity contribution in [2.75, 3.05) is 27.2 Å². The zero-order valence-corrected chi connectivity index (χ0v) is 13.5. The number of aryl methyl sites for hydroxylation is 1. The number of aliphatic carboxylic acids is 1. The van der Waals surface area contributed by atoms with Crippen molar-refractivity contribution >= 4 is 12.0 Å². The Labute approximate surface area is 131 Å². The molecule has 0 saturated carbocycles. The average molecular weight is 308 g/mol. The van der Waals surface area contributed by atoms with Crippen LogP contribution in [0.15, 0.2) is 18.2 Å². The second-order valence-electron chi connectivity index (χ2n) is 5.41.